The zero-order chi connectivity index (χ0) is 9.42. The Kier molecular flexibility index (Phi) is 2.67. The van der Waals surface area contributed by atoms with Crippen LogP contribution in [0.15, 0.2) is 17.5 Å². The Hall–Kier alpha value is -0.000000000000000139. The van der Waals surface area contributed by atoms with Gasteiger partial charge in [-0.3, -0.25) is 0 Å². The fraction of sp³-hybridized carbons (Fsp3) is 0.111. The maximum absolute atomic E-state index is 9.64. The predicted molar refractivity (Wildman–Crippen MR) is 65.8 cm³/mol. The number of phenols is 1. The molecular formula is C9H6ClIOS. The Labute approximate surface area is 98.5 Å². The van der Waals surface area contributed by atoms with Crippen molar-refractivity contribution in [3.05, 3.63) is 26.6 Å². The van der Waals surface area contributed by atoms with Crippen molar-refractivity contribution < 1.29 is 5.11 Å². The summed E-state index contributed by atoms with van der Waals surface area (Å²) in [4.78, 5) is 0. The average Bonchev–Trinajstić information content (AvgIpc) is 2.60. The molecule has 0 unspecified atom stereocenters. The molecule has 0 spiro atoms. The topological polar surface area (TPSA) is 20.2 Å². The Morgan fingerprint density at radius 2 is 2.31 bits per heavy atom. The molecule has 1 heterocycles. The van der Waals surface area contributed by atoms with Crippen LogP contribution in [0.3, 0.4) is 0 Å². The van der Waals surface area contributed by atoms with Crippen LogP contribution in [0.1, 0.15) is 5.56 Å². The quantitative estimate of drug-likeness (QED) is 0.622. The summed E-state index contributed by atoms with van der Waals surface area (Å²) in [6, 6.07) is 3.76. The third-order valence-electron chi connectivity index (χ3n) is 1.87. The molecular weight excluding hydrogens is 319 g/mol. The number of halogens is 2. The van der Waals surface area contributed by atoms with Gasteiger partial charge in [0.25, 0.3) is 0 Å². The molecule has 0 aliphatic rings. The van der Waals surface area contributed by atoms with Crippen LogP contribution in [-0.2, 0) is 5.88 Å². The third-order valence-corrected chi connectivity index (χ3v) is 4.37. The number of phenolic OH excluding ortho intramolecular Hbond substituents is 1. The lowest BCUT2D eigenvalue weighted by Crippen LogP contribution is -1.84. The van der Waals surface area contributed by atoms with Crippen LogP contribution < -0.4 is 0 Å². The van der Waals surface area contributed by atoms with Gasteiger partial charge in [-0.25, -0.2) is 0 Å². The van der Waals surface area contributed by atoms with E-state index in [-0.39, 0.29) is 0 Å². The van der Waals surface area contributed by atoms with Gasteiger partial charge in [-0.15, -0.1) is 22.9 Å². The minimum atomic E-state index is 0.334. The van der Waals surface area contributed by atoms with E-state index in [2.05, 4.69) is 22.6 Å². The molecule has 2 rings (SSSR count). The molecule has 13 heavy (non-hydrogen) atoms. The minimum absolute atomic E-state index is 0.334. The molecule has 0 bridgehead atoms. The van der Waals surface area contributed by atoms with Gasteiger partial charge in [-0.05, 0) is 45.7 Å². The largest absolute Gasteiger partial charge is 0.506 e. The van der Waals surface area contributed by atoms with E-state index in [9.17, 15) is 5.11 Å². The summed E-state index contributed by atoms with van der Waals surface area (Å²) in [5.41, 5.74) is 0.991. The summed E-state index contributed by atoms with van der Waals surface area (Å²) in [6.45, 7) is 0. The van der Waals surface area contributed by atoms with E-state index in [0.29, 0.717) is 11.6 Å². The van der Waals surface area contributed by atoms with Gasteiger partial charge in [-0.1, -0.05) is 0 Å². The summed E-state index contributed by atoms with van der Waals surface area (Å²) in [5, 5.41) is 12.7. The lowest BCUT2D eigenvalue weighted by molar-refractivity contribution is 0.482. The minimum Gasteiger partial charge on any atom is -0.506 e. The van der Waals surface area contributed by atoms with Gasteiger partial charge in [0, 0.05) is 14.8 Å². The molecule has 0 fully saturated rings. The zero-order valence-corrected chi connectivity index (χ0v) is 10.3. The molecule has 0 saturated heterocycles. The van der Waals surface area contributed by atoms with E-state index in [4.69, 9.17) is 11.6 Å². The summed E-state index contributed by atoms with van der Waals surface area (Å²) < 4.78 is 2.08. The monoisotopic (exact) mass is 324 g/mol. The smallest absolute Gasteiger partial charge is 0.133 e. The van der Waals surface area contributed by atoms with Crippen LogP contribution in [-0.4, -0.2) is 5.11 Å². The van der Waals surface area contributed by atoms with Gasteiger partial charge in [0.1, 0.15) is 5.75 Å². The number of alkyl halides is 1. The summed E-state index contributed by atoms with van der Waals surface area (Å²) >= 11 is 9.57. The van der Waals surface area contributed by atoms with E-state index >= 15 is 0 Å². The Morgan fingerprint density at radius 1 is 1.54 bits per heavy atom. The zero-order valence-electron chi connectivity index (χ0n) is 6.55. The van der Waals surface area contributed by atoms with Gasteiger partial charge in [0.2, 0.25) is 0 Å². The molecule has 2 aromatic rings. The Bertz CT molecular complexity index is 452. The van der Waals surface area contributed by atoms with Crippen LogP contribution in [0, 0.1) is 3.57 Å². The molecule has 1 nitrogen and oxygen atoms in total. The standard InChI is InChI=1S/C9H6ClIOS/c10-4-5-3-7(12)9-6(8(5)11)1-2-13-9/h1-3,12H,4H2. The highest BCUT2D eigenvalue weighted by Gasteiger charge is 2.09. The molecule has 1 aromatic heterocycles. The van der Waals surface area contributed by atoms with Crippen molar-refractivity contribution >= 4 is 55.6 Å². The Balaban J connectivity index is 2.85. The first-order chi connectivity index (χ1) is 6.24. The molecule has 0 amide bonds. The summed E-state index contributed by atoms with van der Waals surface area (Å²) in [6.07, 6.45) is 0. The average molecular weight is 325 g/mol. The van der Waals surface area contributed by atoms with Crippen molar-refractivity contribution in [1.82, 2.24) is 0 Å². The highest BCUT2D eigenvalue weighted by molar-refractivity contribution is 14.1. The SMILES string of the molecule is Oc1cc(CCl)c(I)c2ccsc12. The highest BCUT2D eigenvalue weighted by Crippen LogP contribution is 2.35. The van der Waals surface area contributed by atoms with Crippen LogP contribution >= 0.6 is 45.5 Å². The van der Waals surface area contributed by atoms with E-state index < -0.39 is 0 Å². The number of rotatable bonds is 1. The molecule has 0 saturated carbocycles. The van der Waals surface area contributed by atoms with Crippen molar-refractivity contribution in [2.24, 2.45) is 0 Å². The first-order valence-electron chi connectivity index (χ1n) is 3.67. The molecule has 1 aromatic carbocycles. The van der Waals surface area contributed by atoms with Crippen LogP contribution in [0.5, 0.6) is 5.75 Å². The van der Waals surface area contributed by atoms with Crippen molar-refractivity contribution in [2.75, 3.05) is 0 Å². The third kappa shape index (κ3) is 1.53. The van der Waals surface area contributed by atoms with Crippen LogP contribution in [0.2, 0.25) is 0 Å². The van der Waals surface area contributed by atoms with Gasteiger partial charge in [0.05, 0.1) is 4.70 Å². The molecule has 1 N–H and O–H groups in total. The maximum Gasteiger partial charge on any atom is 0.133 e. The number of hydrogen-bond acceptors (Lipinski definition) is 2. The second kappa shape index (κ2) is 3.63. The van der Waals surface area contributed by atoms with E-state index in [1.54, 1.807) is 17.4 Å². The molecule has 0 radical (unpaired) electrons. The van der Waals surface area contributed by atoms with E-state index in [0.717, 1.165) is 19.2 Å². The molecule has 68 valence electrons. The second-order valence-corrected chi connectivity index (χ2v) is 4.93. The van der Waals surface area contributed by atoms with E-state index in [1.807, 2.05) is 11.4 Å². The summed E-state index contributed by atoms with van der Waals surface area (Å²) in [7, 11) is 0. The number of hydrogen-bond donors (Lipinski definition) is 1. The van der Waals surface area contributed by atoms with Crippen molar-refractivity contribution in [3.8, 4) is 5.75 Å². The highest BCUT2D eigenvalue weighted by atomic mass is 127. The van der Waals surface area contributed by atoms with Crippen LogP contribution in [0.4, 0.5) is 0 Å². The first kappa shape index (κ1) is 9.55. The Morgan fingerprint density at radius 3 is 3.00 bits per heavy atom. The van der Waals surface area contributed by atoms with Crippen molar-refractivity contribution in [2.45, 2.75) is 5.88 Å². The van der Waals surface area contributed by atoms with Crippen LogP contribution in [0.25, 0.3) is 10.1 Å². The number of benzene rings is 1. The fourth-order valence-electron chi connectivity index (χ4n) is 1.24. The summed E-state index contributed by atoms with van der Waals surface area (Å²) in [5.74, 6) is 0.776. The van der Waals surface area contributed by atoms with Gasteiger partial charge < -0.3 is 5.11 Å². The van der Waals surface area contributed by atoms with Gasteiger partial charge in [0.15, 0.2) is 0 Å². The predicted octanol–water partition coefficient (Wildman–Crippen LogP) is 3.95. The molecule has 0 aliphatic carbocycles. The van der Waals surface area contributed by atoms with Gasteiger partial charge >= 0.3 is 0 Å². The number of fused-ring (bicyclic) bond motifs is 1. The molecule has 0 atom stereocenters. The van der Waals surface area contributed by atoms with E-state index in [1.165, 1.54) is 0 Å². The van der Waals surface area contributed by atoms with Gasteiger partial charge in [-0.2, -0.15) is 0 Å². The lowest BCUT2D eigenvalue weighted by Gasteiger charge is -2.03. The van der Waals surface area contributed by atoms with Crippen molar-refractivity contribution in [3.63, 3.8) is 0 Å². The number of aromatic hydroxyl groups is 1. The second-order valence-electron chi connectivity index (χ2n) is 2.67. The molecule has 4 heteroatoms. The van der Waals surface area contributed by atoms with Crippen molar-refractivity contribution in [1.29, 1.82) is 0 Å². The molecule has 0 aliphatic heterocycles. The maximum atomic E-state index is 9.64. The lowest BCUT2D eigenvalue weighted by atomic mass is 10.2. The first-order valence-corrected chi connectivity index (χ1v) is 6.17. The number of thiophene rings is 1. The normalized spacial score (nSPS) is 10.9. The fourth-order valence-corrected chi connectivity index (χ4v) is 3.48.